The van der Waals surface area contributed by atoms with Gasteiger partial charge in [0, 0.05) is 0 Å². The summed E-state index contributed by atoms with van der Waals surface area (Å²) in [6.45, 7) is 3.47. The quantitative estimate of drug-likeness (QED) is 0.297. The van der Waals surface area contributed by atoms with E-state index in [1.807, 2.05) is 0 Å². The lowest BCUT2D eigenvalue weighted by Gasteiger charge is -2.09. The molecule has 0 saturated carbocycles. The van der Waals surface area contributed by atoms with Gasteiger partial charge < -0.3 is 19.6 Å². The van der Waals surface area contributed by atoms with Gasteiger partial charge in [-0.3, -0.25) is 0 Å². The number of hydrogen-bond acceptors (Lipinski definition) is 11. The molecule has 0 aliphatic carbocycles. The molecule has 178 valence electrons. The number of aromatic nitrogens is 6. The Morgan fingerprint density at radius 1 is 1.24 bits per heavy atom. The van der Waals surface area contributed by atoms with E-state index in [9.17, 15) is 18.0 Å². The van der Waals surface area contributed by atoms with Gasteiger partial charge in [0.1, 0.15) is 28.7 Å². The molecule has 34 heavy (non-hydrogen) atoms. The first-order valence-corrected chi connectivity index (χ1v) is 10.6. The van der Waals surface area contributed by atoms with Gasteiger partial charge in [-0.15, -0.1) is 18.3 Å². The molecule has 0 radical (unpaired) electrons. The summed E-state index contributed by atoms with van der Waals surface area (Å²) in [6.07, 6.45) is -4.79. The molecule has 3 heterocycles. The van der Waals surface area contributed by atoms with E-state index >= 15 is 0 Å². The van der Waals surface area contributed by atoms with E-state index in [0.717, 1.165) is 23.9 Å². The summed E-state index contributed by atoms with van der Waals surface area (Å²) in [5.74, 6) is -0.109. The lowest BCUT2D eigenvalue weighted by atomic mass is 10.2. The van der Waals surface area contributed by atoms with Crippen LogP contribution >= 0.6 is 11.8 Å². The standard InChI is InChI=1S/C19H16F3N7O4S/c1-3-31-17(30)13-9(2)32-16-14(13)15(23)24-12(25-16)8-34-18-26-27-28-29(18)10-4-6-11(7-5-10)33-19(20,21)22/h4-7H,3,8H2,1-2H3,(H2,23,24,25). The number of ether oxygens (including phenoxy) is 2. The Labute approximate surface area is 193 Å². The van der Waals surface area contributed by atoms with Crippen LogP contribution in [0.25, 0.3) is 16.8 Å². The minimum atomic E-state index is -4.79. The predicted molar refractivity (Wildman–Crippen MR) is 112 cm³/mol. The number of benzene rings is 1. The Hall–Kier alpha value is -3.88. The molecule has 1 aromatic carbocycles. The topological polar surface area (TPSA) is 144 Å². The monoisotopic (exact) mass is 495 g/mol. The summed E-state index contributed by atoms with van der Waals surface area (Å²) >= 11 is 1.16. The molecule has 0 bridgehead atoms. The van der Waals surface area contributed by atoms with Crippen molar-refractivity contribution in [2.75, 3.05) is 12.3 Å². The molecule has 0 aliphatic heterocycles. The number of carbonyl (C=O) groups is 1. The average molecular weight is 495 g/mol. The molecule has 0 aliphatic rings. The molecule has 11 nitrogen and oxygen atoms in total. The highest BCUT2D eigenvalue weighted by Crippen LogP contribution is 2.31. The van der Waals surface area contributed by atoms with Crippen molar-refractivity contribution in [2.45, 2.75) is 31.1 Å². The molecule has 0 atom stereocenters. The zero-order valence-corrected chi connectivity index (χ0v) is 18.5. The van der Waals surface area contributed by atoms with Gasteiger partial charge in [-0.05, 0) is 48.5 Å². The molecular formula is C19H16F3N7O4S. The van der Waals surface area contributed by atoms with Gasteiger partial charge in [0.15, 0.2) is 0 Å². The molecule has 0 fully saturated rings. The van der Waals surface area contributed by atoms with E-state index in [4.69, 9.17) is 14.9 Å². The fourth-order valence-corrected chi connectivity index (χ4v) is 3.79. The van der Waals surface area contributed by atoms with Crippen molar-refractivity contribution in [3.8, 4) is 11.4 Å². The number of nitrogen functional groups attached to an aromatic ring is 1. The summed E-state index contributed by atoms with van der Waals surface area (Å²) < 4.78 is 52.9. The Bertz CT molecular complexity index is 1340. The second kappa shape index (κ2) is 9.17. The summed E-state index contributed by atoms with van der Waals surface area (Å²) in [5.41, 5.74) is 6.80. The van der Waals surface area contributed by atoms with Crippen LogP contribution in [0.5, 0.6) is 5.75 Å². The minimum Gasteiger partial charge on any atom is -0.462 e. The molecule has 4 aromatic rings. The fourth-order valence-electron chi connectivity index (χ4n) is 3.05. The maximum atomic E-state index is 12.4. The number of rotatable bonds is 7. The number of tetrazole rings is 1. The Balaban J connectivity index is 1.53. The summed E-state index contributed by atoms with van der Waals surface area (Å²) in [5, 5.41) is 12.0. The SMILES string of the molecule is CCOC(=O)c1c(C)oc2nc(CSc3nnnn3-c3ccc(OC(F)(F)F)cc3)nc(N)c12. The molecule has 2 N–H and O–H groups in total. The molecule has 0 spiro atoms. The third-order valence-corrected chi connectivity index (χ3v) is 5.28. The maximum Gasteiger partial charge on any atom is 0.573 e. The van der Waals surface area contributed by atoms with E-state index in [1.165, 1.54) is 16.8 Å². The number of alkyl halides is 3. The lowest BCUT2D eigenvalue weighted by Crippen LogP contribution is -2.17. The Morgan fingerprint density at radius 2 is 1.97 bits per heavy atom. The number of fused-ring (bicyclic) bond motifs is 1. The van der Waals surface area contributed by atoms with Crippen molar-refractivity contribution < 1.29 is 31.9 Å². The minimum absolute atomic E-state index is 0.0559. The highest BCUT2D eigenvalue weighted by atomic mass is 32.2. The van der Waals surface area contributed by atoms with Gasteiger partial charge in [-0.25, -0.2) is 9.78 Å². The summed E-state index contributed by atoms with van der Waals surface area (Å²) in [7, 11) is 0. The van der Waals surface area contributed by atoms with Gasteiger partial charge in [0.05, 0.1) is 23.4 Å². The third kappa shape index (κ3) is 4.88. The summed E-state index contributed by atoms with van der Waals surface area (Å²) in [6, 6.07) is 5.06. The number of anilines is 1. The van der Waals surface area contributed by atoms with E-state index in [-0.39, 0.29) is 40.6 Å². The fraction of sp³-hybridized carbons (Fsp3) is 0.263. The molecule has 0 saturated heterocycles. The number of aryl methyl sites for hydroxylation is 1. The van der Waals surface area contributed by atoms with E-state index in [1.54, 1.807) is 13.8 Å². The molecule has 4 rings (SSSR count). The number of esters is 1. The van der Waals surface area contributed by atoms with Gasteiger partial charge in [-0.1, -0.05) is 11.8 Å². The largest absolute Gasteiger partial charge is 0.573 e. The van der Waals surface area contributed by atoms with Crippen LogP contribution in [0, 0.1) is 6.92 Å². The third-order valence-electron chi connectivity index (χ3n) is 4.37. The van der Waals surface area contributed by atoms with Crippen LogP contribution in [-0.4, -0.2) is 49.1 Å². The van der Waals surface area contributed by atoms with Gasteiger partial charge in [0.2, 0.25) is 10.9 Å². The van der Waals surface area contributed by atoms with Gasteiger partial charge in [0.25, 0.3) is 0 Å². The number of nitrogens with two attached hydrogens (primary N) is 1. The zero-order valence-electron chi connectivity index (χ0n) is 17.7. The van der Waals surface area contributed by atoms with Crippen molar-refractivity contribution in [1.82, 2.24) is 30.2 Å². The zero-order chi connectivity index (χ0) is 24.5. The molecule has 3 aromatic heterocycles. The number of hydrogen-bond donors (Lipinski definition) is 1. The van der Waals surface area contributed by atoms with Crippen molar-refractivity contribution in [1.29, 1.82) is 0 Å². The first kappa shape index (κ1) is 23.3. The van der Waals surface area contributed by atoms with Crippen molar-refractivity contribution in [2.24, 2.45) is 0 Å². The number of furan rings is 1. The van der Waals surface area contributed by atoms with Crippen molar-refractivity contribution in [3.05, 3.63) is 41.4 Å². The highest BCUT2D eigenvalue weighted by Gasteiger charge is 2.31. The van der Waals surface area contributed by atoms with Gasteiger partial charge >= 0.3 is 12.3 Å². The first-order chi connectivity index (χ1) is 16.2. The van der Waals surface area contributed by atoms with E-state index in [0.29, 0.717) is 22.4 Å². The van der Waals surface area contributed by atoms with Crippen molar-refractivity contribution in [3.63, 3.8) is 0 Å². The molecule has 0 unspecified atom stereocenters. The van der Waals surface area contributed by atoms with Crippen LogP contribution < -0.4 is 10.5 Å². The molecule has 0 amide bonds. The highest BCUT2D eigenvalue weighted by molar-refractivity contribution is 7.98. The van der Waals surface area contributed by atoms with E-state index in [2.05, 4.69) is 30.2 Å². The number of thioether (sulfide) groups is 1. The molecule has 15 heteroatoms. The molecular weight excluding hydrogens is 479 g/mol. The Morgan fingerprint density at radius 3 is 2.65 bits per heavy atom. The van der Waals surface area contributed by atoms with Crippen LogP contribution in [0.3, 0.4) is 0 Å². The predicted octanol–water partition coefficient (Wildman–Crippen LogP) is 3.46. The number of halogens is 3. The number of nitrogens with zero attached hydrogens (tertiary/aromatic N) is 6. The van der Waals surface area contributed by atoms with Crippen molar-refractivity contribution >= 4 is 34.6 Å². The lowest BCUT2D eigenvalue weighted by molar-refractivity contribution is -0.274. The average Bonchev–Trinajstić information content (AvgIpc) is 3.35. The first-order valence-electron chi connectivity index (χ1n) is 9.66. The Kier molecular flexibility index (Phi) is 6.28. The van der Waals surface area contributed by atoms with Crippen LogP contribution in [0.2, 0.25) is 0 Å². The maximum absolute atomic E-state index is 12.4. The van der Waals surface area contributed by atoms with Crippen LogP contribution in [-0.2, 0) is 10.5 Å². The normalized spacial score (nSPS) is 11.7. The summed E-state index contributed by atoms with van der Waals surface area (Å²) in [4.78, 5) is 20.8. The van der Waals surface area contributed by atoms with Gasteiger partial charge in [-0.2, -0.15) is 9.67 Å². The second-order valence-corrected chi connectivity index (χ2v) is 7.61. The van der Waals surface area contributed by atoms with Crippen LogP contribution in [0.1, 0.15) is 28.9 Å². The second-order valence-electron chi connectivity index (χ2n) is 6.66. The van der Waals surface area contributed by atoms with Crippen LogP contribution in [0.4, 0.5) is 19.0 Å². The van der Waals surface area contributed by atoms with Crippen LogP contribution in [0.15, 0.2) is 33.8 Å². The smallest absolute Gasteiger partial charge is 0.462 e. The van der Waals surface area contributed by atoms with E-state index < -0.39 is 12.3 Å². The number of carbonyl (C=O) groups excluding carboxylic acids is 1.